The van der Waals surface area contributed by atoms with Crippen LogP contribution >= 0.6 is 0 Å². The average Bonchev–Trinajstić information content (AvgIpc) is 2.90. The first-order valence-corrected chi connectivity index (χ1v) is 5.42. The third kappa shape index (κ3) is 1.87. The van der Waals surface area contributed by atoms with Gasteiger partial charge in [-0.3, -0.25) is 4.79 Å². The molecule has 0 aromatic carbocycles. The van der Waals surface area contributed by atoms with Gasteiger partial charge in [-0.1, -0.05) is 13.8 Å². The van der Waals surface area contributed by atoms with E-state index < -0.39 is 0 Å². The minimum atomic E-state index is 0.134. The standard InChI is InChI=1S/C11H19NO/c1-8(2)10(13)12-7-11(5-6-11)9-3-4-9/h8-9H,3-7H2,1-2H3,(H,12,13). The van der Waals surface area contributed by atoms with Crippen LogP contribution in [0.25, 0.3) is 0 Å². The fraction of sp³-hybridized carbons (Fsp3) is 0.909. The number of rotatable bonds is 4. The third-order valence-electron chi connectivity index (χ3n) is 3.47. The second kappa shape index (κ2) is 3.00. The monoisotopic (exact) mass is 181 g/mol. The lowest BCUT2D eigenvalue weighted by Crippen LogP contribution is -2.33. The van der Waals surface area contributed by atoms with Crippen LogP contribution in [0.4, 0.5) is 0 Å². The summed E-state index contributed by atoms with van der Waals surface area (Å²) < 4.78 is 0. The molecule has 0 heterocycles. The van der Waals surface area contributed by atoms with E-state index in [2.05, 4.69) is 5.32 Å². The van der Waals surface area contributed by atoms with Gasteiger partial charge in [0.2, 0.25) is 5.91 Å². The molecule has 0 spiro atoms. The first-order valence-electron chi connectivity index (χ1n) is 5.42. The van der Waals surface area contributed by atoms with E-state index in [1.54, 1.807) is 0 Å². The molecule has 2 saturated carbocycles. The Morgan fingerprint density at radius 3 is 2.46 bits per heavy atom. The van der Waals surface area contributed by atoms with Crippen molar-refractivity contribution >= 4 is 5.91 Å². The van der Waals surface area contributed by atoms with Crippen molar-refractivity contribution in [2.75, 3.05) is 6.54 Å². The summed E-state index contributed by atoms with van der Waals surface area (Å²) in [5, 5.41) is 3.07. The van der Waals surface area contributed by atoms with Crippen LogP contribution in [0.15, 0.2) is 0 Å². The fourth-order valence-corrected chi connectivity index (χ4v) is 2.05. The second-order valence-corrected chi connectivity index (χ2v) is 5.01. The van der Waals surface area contributed by atoms with Gasteiger partial charge in [-0.2, -0.15) is 0 Å². The van der Waals surface area contributed by atoms with Crippen molar-refractivity contribution in [3.63, 3.8) is 0 Å². The summed E-state index contributed by atoms with van der Waals surface area (Å²) in [6.07, 6.45) is 5.49. The zero-order chi connectivity index (χ0) is 9.47. The average molecular weight is 181 g/mol. The minimum Gasteiger partial charge on any atom is -0.355 e. The summed E-state index contributed by atoms with van der Waals surface area (Å²) in [6, 6.07) is 0. The smallest absolute Gasteiger partial charge is 0.222 e. The summed E-state index contributed by atoms with van der Waals surface area (Å²) in [5.41, 5.74) is 0.546. The lowest BCUT2D eigenvalue weighted by atomic mass is 10.0. The van der Waals surface area contributed by atoms with Crippen LogP contribution in [-0.2, 0) is 4.79 Å². The highest BCUT2D eigenvalue weighted by Gasteiger charge is 2.53. The van der Waals surface area contributed by atoms with Gasteiger partial charge in [0.25, 0.3) is 0 Å². The highest BCUT2D eigenvalue weighted by molar-refractivity contribution is 5.77. The number of carbonyl (C=O) groups excluding carboxylic acids is 1. The van der Waals surface area contributed by atoms with E-state index in [-0.39, 0.29) is 11.8 Å². The molecule has 2 aliphatic rings. The maximum Gasteiger partial charge on any atom is 0.222 e. The zero-order valence-electron chi connectivity index (χ0n) is 8.60. The van der Waals surface area contributed by atoms with Crippen molar-refractivity contribution in [3.05, 3.63) is 0 Å². The van der Waals surface area contributed by atoms with Crippen molar-refractivity contribution in [2.45, 2.75) is 39.5 Å². The highest BCUT2D eigenvalue weighted by Crippen LogP contribution is 2.60. The van der Waals surface area contributed by atoms with E-state index in [9.17, 15) is 4.79 Å². The summed E-state index contributed by atoms with van der Waals surface area (Å²) in [7, 11) is 0. The minimum absolute atomic E-state index is 0.134. The Hall–Kier alpha value is -0.530. The van der Waals surface area contributed by atoms with E-state index >= 15 is 0 Å². The molecule has 1 amide bonds. The first-order chi connectivity index (χ1) is 6.14. The lowest BCUT2D eigenvalue weighted by molar-refractivity contribution is -0.124. The molecule has 0 atom stereocenters. The Morgan fingerprint density at radius 1 is 1.46 bits per heavy atom. The van der Waals surface area contributed by atoms with E-state index in [0.29, 0.717) is 5.41 Å². The zero-order valence-corrected chi connectivity index (χ0v) is 8.60. The van der Waals surface area contributed by atoms with Gasteiger partial charge in [0.15, 0.2) is 0 Å². The number of hydrogen-bond donors (Lipinski definition) is 1. The summed E-state index contributed by atoms with van der Waals surface area (Å²) in [6.45, 7) is 4.84. The number of carbonyl (C=O) groups is 1. The van der Waals surface area contributed by atoms with Crippen LogP contribution in [0, 0.1) is 17.3 Å². The van der Waals surface area contributed by atoms with Gasteiger partial charge in [0.1, 0.15) is 0 Å². The molecular formula is C11H19NO. The third-order valence-corrected chi connectivity index (χ3v) is 3.47. The molecule has 0 unspecified atom stereocenters. The normalized spacial score (nSPS) is 24.5. The molecule has 2 fully saturated rings. The predicted molar refractivity (Wildman–Crippen MR) is 52.2 cm³/mol. The first kappa shape index (κ1) is 9.04. The van der Waals surface area contributed by atoms with Crippen molar-refractivity contribution < 1.29 is 4.79 Å². The molecule has 1 N–H and O–H groups in total. The maximum atomic E-state index is 11.3. The summed E-state index contributed by atoms with van der Waals surface area (Å²) >= 11 is 0. The van der Waals surface area contributed by atoms with Crippen LogP contribution < -0.4 is 5.32 Å². The Kier molecular flexibility index (Phi) is 2.09. The van der Waals surface area contributed by atoms with Crippen molar-refractivity contribution in [1.82, 2.24) is 5.32 Å². The summed E-state index contributed by atoms with van der Waals surface area (Å²) in [4.78, 5) is 11.3. The van der Waals surface area contributed by atoms with Crippen molar-refractivity contribution in [2.24, 2.45) is 17.3 Å². The van der Waals surface area contributed by atoms with E-state index in [1.165, 1.54) is 25.7 Å². The van der Waals surface area contributed by atoms with Gasteiger partial charge in [-0.25, -0.2) is 0 Å². The Bertz CT molecular complexity index is 214. The highest BCUT2D eigenvalue weighted by atomic mass is 16.1. The molecule has 0 bridgehead atoms. The van der Waals surface area contributed by atoms with Crippen molar-refractivity contribution in [1.29, 1.82) is 0 Å². The molecule has 0 aromatic heterocycles. The largest absolute Gasteiger partial charge is 0.355 e. The predicted octanol–water partition coefficient (Wildman–Crippen LogP) is 1.95. The molecular weight excluding hydrogens is 162 g/mol. The van der Waals surface area contributed by atoms with Gasteiger partial charge >= 0.3 is 0 Å². The quantitative estimate of drug-likeness (QED) is 0.705. The van der Waals surface area contributed by atoms with Gasteiger partial charge in [0, 0.05) is 12.5 Å². The molecule has 0 aromatic rings. The van der Waals surface area contributed by atoms with Crippen molar-refractivity contribution in [3.8, 4) is 0 Å². The molecule has 2 aliphatic carbocycles. The van der Waals surface area contributed by atoms with Crippen LogP contribution in [0.1, 0.15) is 39.5 Å². The molecule has 0 saturated heterocycles. The number of hydrogen-bond acceptors (Lipinski definition) is 1. The maximum absolute atomic E-state index is 11.3. The van der Waals surface area contributed by atoms with Crippen LogP contribution in [0.2, 0.25) is 0 Å². The Labute approximate surface area is 80.1 Å². The number of amides is 1. The van der Waals surface area contributed by atoms with Crippen LogP contribution in [0.3, 0.4) is 0 Å². The second-order valence-electron chi connectivity index (χ2n) is 5.01. The summed E-state index contributed by atoms with van der Waals surface area (Å²) in [5.74, 6) is 1.29. The van der Waals surface area contributed by atoms with Gasteiger partial charge in [-0.15, -0.1) is 0 Å². The fourth-order valence-electron chi connectivity index (χ4n) is 2.05. The molecule has 74 valence electrons. The van der Waals surface area contributed by atoms with E-state index in [1.807, 2.05) is 13.8 Å². The Balaban J connectivity index is 1.76. The molecule has 13 heavy (non-hydrogen) atoms. The molecule has 0 radical (unpaired) electrons. The Morgan fingerprint density at radius 2 is 2.08 bits per heavy atom. The molecule has 2 rings (SSSR count). The number of nitrogens with one attached hydrogen (secondary N) is 1. The van der Waals surface area contributed by atoms with Gasteiger partial charge in [0.05, 0.1) is 0 Å². The van der Waals surface area contributed by atoms with Gasteiger partial charge in [-0.05, 0) is 37.0 Å². The van der Waals surface area contributed by atoms with E-state index in [4.69, 9.17) is 0 Å². The topological polar surface area (TPSA) is 29.1 Å². The van der Waals surface area contributed by atoms with Crippen LogP contribution in [0.5, 0.6) is 0 Å². The molecule has 0 aliphatic heterocycles. The lowest BCUT2D eigenvalue weighted by Gasteiger charge is -2.15. The SMILES string of the molecule is CC(C)C(=O)NCC1(C2CC2)CC1. The van der Waals surface area contributed by atoms with Crippen LogP contribution in [-0.4, -0.2) is 12.5 Å². The van der Waals surface area contributed by atoms with Gasteiger partial charge < -0.3 is 5.32 Å². The molecule has 2 nitrogen and oxygen atoms in total. The molecule has 2 heteroatoms. The van der Waals surface area contributed by atoms with E-state index in [0.717, 1.165) is 12.5 Å².